The normalized spacial score (nSPS) is 12.2. The fourth-order valence-corrected chi connectivity index (χ4v) is 1.44. The van der Waals surface area contributed by atoms with Gasteiger partial charge in [0.2, 0.25) is 5.89 Å². The predicted octanol–water partition coefficient (Wildman–Crippen LogP) is 2.20. The molecule has 0 aliphatic rings. The molecule has 0 aliphatic carbocycles. The quantitative estimate of drug-likeness (QED) is 0.830. The van der Waals surface area contributed by atoms with Crippen molar-refractivity contribution >= 4 is 6.01 Å². The summed E-state index contributed by atoms with van der Waals surface area (Å²) in [6.45, 7) is 5.90. The molecule has 0 amide bonds. The highest BCUT2D eigenvalue weighted by atomic mass is 19.4. The smallest absolute Gasteiger partial charge is 0.406 e. The van der Waals surface area contributed by atoms with Crippen LogP contribution in [0.5, 0.6) is 0 Å². The van der Waals surface area contributed by atoms with E-state index in [0.29, 0.717) is 12.5 Å². The Morgan fingerprint density at radius 2 is 2.00 bits per heavy atom. The van der Waals surface area contributed by atoms with Crippen LogP contribution in [0.3, 0.4) is 0 Å². The van der Waals surface area contributed by atoms with Gasteiger partial charge in [0, 0.05) is 6.54 Å². The highest BCUT2D eigenvalue weighted by Gasteiger charge is 2.32. The SMILES string of the molecule is CCN(CC(F)(F)F)c1nnc(CNCC(C)C)o1. The van der Waals surface area contributed by atoms with Gasteiger partial charge in [-0.3, -0.25) is 0 Å². The molecule has 0 radical (unpaired) electrons. The molecule has 0 atom stereocenters. The van der Waals surface area contributed by atoms with Crippen LogP contribution in [0.25, 0.3) is 0 Å². The van der Waals surface area contributed by atoms with Crippen molar-refractivity contribution in [2.45, 2.75) is 33.5 Å². The first kappa shape index (κ1) is 15.7. The van der Waals surface area contributed by atoms with E-state index in [0.717, 1.165) is 11.4 Å². The third kappa shape index (κ3) is 5.91. The Hall–Kier alpha value is -1.31. The minimum absolute atomic E-state index is 0.0961. The summed E-state index contributed by atoms with van der Waals surface area (Å²) in [7, 11) is 0. The Kier molecular flexibility index (Phi) is 5.59. The zero-order chi connectivity index (χ0) is 14.5. The summed E-state index contributed by atoms with van der Waals surface area (Å²) in [5, 5.41) is 10.4. The van der Waals surface area contributed by atoms with Crippen molar-refractivity contribution < 1.29 is 17.6 Å². The molecule has 1 aromatic rings. The zero-order valence-electron chi connectivity index (χ0n) is 11.3. The highest BCUT2D eigenvalue weighted by molar-refractivity contribution is 5.23. The van der Waals surface area contributed by atoms with Crippen molar-refractivity contribution in [3.63, 3.8) is 0 Å². The van der Waals surface area contributed by atoms with Gasteiger partial charge in [0.25, 0.3) is 0 Å². The highest BCUT2D eigenvalue weighted by Crippen LogP contribution is 2.20. The Morgan fingerprint density at radius 3 is 2.53 bits per heavy atom. The maximum Gasteiger partial charge on any atom is 0.406 e. The van der Waals surface area contributed by atoms with Crippen molar-refractivity contribution in [1.29, 1.82) is 0 Å². The van der Waals surface area contributed by atoms with E-state index in [1.165, 1.54) is 0 Å². The average molecular weight is 280 g/mol. The topological polar surface area (TPSA) is 54.2 Å². The van der Waals surface area contributed by atoms with Gasteiger partial charge < -0.3 is 14.6 Å². The van der Waals surface area contributed by atoms with Crippen LogP contribution >= 0.6 is 0 Å². The first-order valence-corrected chi connectivity index (χ1v) is 6.16. The second-order valence-corrected chi connectivity index (χ2v) is 4.63. The minimum Gasteiger partial charge on any atom is -0.407 e. The van der Waals surface area contributed by atoms with E-state index in [2.05, 4.69) is 15.5 Å². The molecular formula is C11H19F3N4O. The van der Waals surface area contributed by atoms with Crippen LogP contribution in [0.2, 0.25) is 0 Å². The molecule has 0 spiro atoms. The maximum absolute atomic E-state index is 12.3. The summed E-state index contributed by atoms with van der Waals surface area (Å²) in [6.07, 6.45) is -4.29. The van der Waals surface area contributed by atoms with E-state index < -0.39 is 12.7 Å². The van der Waals surface area contributed by atoms with E-state index in [1.807, 2.05) is 13.8 Å². The van der Waals surface area contributed by atoms with E-state index in [4.69, 9.17) is 4.42 Å². The molecule has 0 bridgehead atoms. The lowest BCUT2D eigenvalue weighted by Crippen LogP contribution is -2.34. The van der Waals surface area contributed by atoms with E-state index in [9.17, 15) is 13.2 Å². The fraction of sp³-hybridized carbons (Fsp3) is 0.818. The van der Waals surface area contributed by atoms with Crippen molar-refractivity contribution in [2.24, 2.45) is 5.92 Å². The van der Waals surface area contributed by atoms with Gasteiger partial charge in [-0.15, -0.1) is 5.10 Å². The van der Waals surface area contributed by atoms with Gasteiger partial charge >= 0.3 is 12.2 Å². The number of rotatable bonds is 7. The Labute approximate surface area is 110 Å². The van der Waals surface area contributed by atoms with Crippen LogP contribution < -0.4 is 10.2 Å². The second kappa shape index (κ2) is 6.74. The van der Waals surface area contributed by atoms with Crippen LogP contribution in [0.1, 0.15) is 26.7 Å². The van der Waals surface area contributed by atoms with Gasteiger partial charge in [0.15, 0.2) is 0 Å². The number of nitrogens with zero attached hydrogens (tertiary/aromatic N) is 3. The standard InChI is InChI=1S/C11H19F3N4O/c1-4-18(7-11(12,13)14)10-17-16-9(19-10)6-15-5-8(2)3/h8,15H,4-7H2,1-3H3. The zero-order valence-corrected chi connectivity index (χ0v) is 11.3. The molecule has 0 aliphatic heterocycles. The lowest BCUT2D eigenvalue weighted by atomic mass is 10.2. The van der Waals surface area contributed by atoms with Gasteiger partial charge in [-0.05, 0) is 19.4 Å². The summed E-state index contributed by atoms with van der Waals surface area (Å²) in [6, 6.07) is -0.0961. The lowest BCUT2D eigenvalue weighted by molar-refractivity contribution is -0.120. The van der Waals surface area contributed by atoms with Crippen LogP contribution in [0.4, 0.5) is 19.2 Å². The van der Waals surface area contributed by atoms with Crippen LogP contribution in [-0.4, -0.2) is 36.0 Å². The van der Waals surface area contributed by atoms with Crippen LogP contribution in [-0.2, 0) is 6.54 Å². The molecule has 1 aromatic heterocycles. The second-order valence-electron chi connectivity index (χ2n) is 4.63. The Bertz CT molecular complexity index is 378. The first-order valence-electron chi connectivity index (χ1n) is 6.16. The summed E-state index contributed by atoms with van der Waals surface area (Å²) in [5.74, 6) is 0.760. The number of aromatic nitrogens is 2. The summed E-state index contributed by atoms with van der Waals surface area (Å²) >= 11 is 0. The van der Waals surface area contributed by atoms with Gasteiger partial charge in [-0.25, -0.2) is 0 Å². The van der Waals surface area contributed by atoms with Crippen molar-refractivity contribution in [3.05, 3.63) is 5.89 Å². The van der Waals surface area contributed by atoms with Gasteiger partial charge in [0.05, 0.1) is 6.54 Å². The molecule has 0 fully saturated rings. The number of anilines is 1. The third-order valence-corrected chi connectivity index (χ3v) is 2.31. The van der Waals surface area contributed by atoms with E-state index >= 15 is 0 Å². The molecule has 1 rings (SSSR count). The average Bonchev–Trinajstić information content (AvgIpc) is 2.73. The largest absolute Gasteiger partial charge is 0.407 e. The number of nitrogens with one attached hydrogen (secondary N) is 1. The third-order valence-electron chi connectivity index (χ3n) is 2.31. The molecule has 8 heteroatoms. The monoisotopic (exact) mass is 280 g/mol. The molecule has 0 aromatic carbocycles. The van der Waals surface area contributed by atoms with Crippen molar-refractivity contribution in [3.8, 4) is 0 Å². The summed E-state index contributed by atoms with van der Waals surface area (Å²) in [5.41, 5.74) is 0. The Morgan fingerprint density at radius 1 is 1.32 bits per heavy atom. The predicted molar refractivity (Wildman–Crippen MR) is 64.8 cm³/mol. The summed E-state index contributed by atoms with van der Waals surface area (Å²) in [4.78, 5) is 0.999. The molecule has 5 nitrogen and oxygen atoms in total. The van der Waals surface area contributed by atoms with Crippen LogP contribution in [0.15, 0.2) is 4.42 Å². The summed E-state index contributed by atoms with van der Waals surface area (Å²) < 4.78 is 42.2. The molecule has 0 unspecified atom stereocenters. The van der Waals surface area contributed by atoms with Crippen molar-refractivity contribution in [2.75, 3.05) is 24.5 Å². The lowest BCUT2D eigenvalue weighted by Gasteiger charge is -2.19. The molecular weight excluding hydrogens is 261 g/mol. The number of hydrogen-bond donors (Lipinski definition) is 1. The molecule has 110 valence electrons. The molecule has 19 heavy (non-hydrogen) atoms. The number of alkyl halides is 3. The van der Waals surface area contributed by atoms with Crippen molar-refractivity contribution in [1.82, 2.24) is 15.5 Å². The van der Waals surface area contributed by atoms with E-state index in [-0.39, 0.29) is 18.5 Å². The fourth-order valence-electron chi connectivity index (χ4n) is 1.44. The maximum atomic E-state index is 12.3. The van der Waals surface area contributed by atoms with Crippen LogP contribution in [0, 0.1) is 5.92 Å². The first-order chi connectivity index (χ1) is 8.81. The number of hydrogen-bond acceptors (Lipinski definition) is 5. The minimum atomic E-state index is -4.29. The van der Waals surface area contributed by atoms with E-state index in [1.54, 1.807) is 6.92 Å². The van der Waals surface area contributed by atoms with Gasteiger partial charge in [0.1, 0.15) is 6.54 Å². The van der Waals surface area contributed by atoms with Gasteiger partial charge in [-0.1, -0.05) is 18.9 Å². The molecule has 1 heterocycles. The molecule has 1 N–H and O–H groups in total. The number of halogens is 3. The van der Waals surface area contributed by atoms with Gasteiger partial charge in [-0.2, -0.15) is 13.2 Å². The molecule has 0 saturated carbocycles. The molecule has 0 saturated heterocycles. The Balaban J connectivity index is 2.56.